The van der Waals surface area contributed by atoms with Crippen molar-refractivity contribution in [2.24, 2.45) is 0 Å². The van der Waals surface area contributed by atoms with Crippen LogP contribution in [0.1, 0.15) is 24.5 Å². The Bertz CT molecular complexity index is 718. The Morgan fingerprint density at radius 1 is 1.21 bits per heavy atom. The molecule has 24 heavy (non-hydrogen) atoms. The third-order valence-corrected chi connectivity index (χ3v) is 4.31. The number of benzene rings is 2. The zero-order valence-corrected chi connectivity index (χ0v) is 13.6. The number of carbonyl (C=O) groups excluding carboxylic acids is 1. The van der Waals surface area contributed by atoms with Gasteiger partial charge in [-0.3, -0.25) is 10.1 Å². The molecule has 1 heterocycles. The minimum atomic E-state index is -0.493. The Morgan fingerprint density at radius 2 is 2.00 bits per heavy atom. The molecule has 1 atom stereocenters. The number of carbonyl (C=O) groups is 1. The Hall–Kier alpha value is -2.40. The van der Waals surface area contributed by atoms with E-state index in [0.29, 0.717) is 13.2 Å². The molecule has 0 bridgehead atoms. The molecule has 5 heteroatoms. The summed E-state index contributed by atoms with van der Waals surface area (Å²) < 4.78 is 18.8. The van der Waals surface area contributed by atoms with Crippen molar-refractivity contribution < 1.29 is 13.9 Å². The normalized spacial score (nSPS) is 20.0. The second-order valence-electron chi connectivity index (χ2n) is 6.25. The van der Waals surface area contributed by atoms with E-state index in [4.69, 9.17) is 4.74 Å². The highest BCUT2D eigenvalue weighted by molar-refractivity contribution is 5.87. The van der Waals surface area contributed by atoms with E-state index in [1.807, 2.05) is 37.3 Å². The molecule has 0 saturated carbocycles. The second kappa shape index (κ2) is 7.01. The average Bonchev–Trinajstić information content (AvgIpc) is 2.92. The molecule has 1 amide bonds. The van der Waals surface area contributed by atoms with E-state index in [1.54, 1.807) is 6.07 Å². The Kier molecular flexibility index (Phi) is 4.81. The van der Waals surface area contributed by atoms with Crippen molar-refractivity contribution in [2.75, 3.05) is 6.54 Å². The Labute approximate surface area is 141 Å². The molecule has 2 aromatic rings. The molecule has 1 saturated heterocycles. The molecule has 1 fully saturated rings. The molecule has 0 aliphatic carbocycles. The first-order valence-electron chi connectivity index (χ1n) is 8.05. The van der Waals surface area contributed by atoms with Crippen molar-refractivity contribution in [3.63, 3.8) is 0 Å². The van der Waals surface area contributed by atoms with Crippen molar-refractivity contribution in [3.05, 3.63) is 65.5 Å². The molecule has 1 aliphatic rings. The fourth-order valence-electron chi connectivity index (χ4n) is 2.70. The molecule has 126 valence electrons. The zero-order chi connectivity index (χ0) is 17.0. The molecule has 0 radical (unpaired) electrons. The number of rotatable bonds is 6. The second-order valence-corrected chi connectivity index (χ2v) is 6.25. The zero-order valence-electron chi connectivity index (χ0n) is 13.6. The van der Waals surface area contributed by atoms with Gasteiger partial charge in [-0.2, -0.15) is 0 Å². The van der Waals surface area contributed by atoms with Crippen LogP contribution in [-0.4, -0.2) is 18.0 Å². The largest absolute Gasteiger partial charge is 0.489 e. The lowest BCUT2D eigenvalue weighted by atomic mass is 10.0. The summed E-state index contributed by atoms with van der Waals surface area (Å²) in [6, 6.07) is 14.1. The lowest BCUT2D eigenvalue weighted by Crippen LogP contribution is -2.47. The first-order chi connectivity index (χ1) is 11.5. The van der Waals surface area contributed by atoms with Crippen LogP contribution in [0.25, 0.3) is 0 Å². The quantitative estimate of drug-likeness (QED) is 0.857. The van der Waals surface area contributed by atoms with Gasteiger partial charge >= 0.3 is 0 Å². The van der Waals surface area contributed by atoms with Crippen LogP contribution in [0.5, 0.6) is 5.75 Å². The Morgan fingerprint density at radius 3 is 2.67 bits per heavy atom. The number of hydrogen-bond acceptors (Lipinski definition) is 3. The molecule has 0 spiro atoms. The summed E-state index contributed by atoms with van der Waals surface area (Å²) in [7, 11) is 0. The number of nitrogens with one attached hydrogen (secondary N) is 2. The maximum Gasteiger partial charge on any atom is 0.240 e. The molecule has 2 aromatic carbocycles. The van der Waals surface area contributed by atoms with Crippen molar-refractivity contribution in [3.8, 4) is 5.75 Å². The summed E-state index contributed by atoms with van der Waals surface area (Å²) in [4.78, 5) is 11.8. The van der Waals surface area contributed by atoms with E-state index in [9.17, 15) is 9.18 Å². The van der Waals surface area contributed by atoms with Gasteiger partial charge in [-0.25, -0.2) is 4.39 Å². The average molecular weight is 328 g/mol. The van der Waals surface area contributed by atoms with Gasteiger partial charge in [0.15, 0.2) is 0 Å². The molecular formula is C19H21FN2O2. The summed E-state index contributed by atoms with van der Waals surface area (Å²) >= 11 is 0. The van der Waals surface area contributed by atoms with Gasteiger partial charge in [0.05, 0.1) is 5.54 Å². The van der Waals surface area contributed by atoms with Crippen LogP contribution in [0.2, 0.25) is 0 Å². The molecule has 3 rings (SSSR count). The van der Waals surface area contributed by atoms with Crippen LogP contribution in [0.3, 0.4) is 0 Å². The number of ether oxygens (including phenoxy) is 1. The third kappa shape index (κ3) is 3.92. The van der Waals surface area contributed by atoms with Crippen LogP contribution in [0, 0.1) is 5.82 Å². The lowest BCUT2D eigenvalue weighted by Gasteiger charge is -2.22. The maximum atomic E-state index is 13.1. The van der Waals surface area contributed by atoms with Gasteiger partial charge in [0, 0.05) is 13.1 Å². The molecule has 1 aliphatic heterocycles. The van der Waals surface area contributed by atoms with Crippen LogP contribution >= 0.6 is 0 Å². The highest BCUT2D eigenvalue weighted by Gasteiger charge is 2.36. The van der Waals surface area contributed by atoms with Gasteiger partial charge in [0.2, 0.25) is 5.91 Å². The first kappa shape index (κ1) is 16.5. The number of amides is 1. The molecule has 1 unspecified atom stereocenters. The summed E-state index contributed by atoms with van der Waals surface area (Å²) in [6.45, 7) is 3.59. The number of halogens is 1. The highest BCUT2D eigenvalue weighted by atomic mass is 19.1. The summed E-state index contributed by atoms with van der Waals surface area (Å²) in [5, 5.41) is 6.16. The van der Waals surface area contributed by atoms with Gasteiger partial charge in [-0.05, 0) is 48.7 Å². The van der Waals surface area contributed by atoms with Gasteiger partial charge < -0.3 is 10.1 Å². The predicted molar refractivity (Wildman–Crippen MR) is 90.0 cm³/mol. The van der Waals surface area contributed by atoms with Crippen LogP contribution in [0.15, 0.2) is 48.5 Å². The summed E-state index contributed by atoms with van der Waals surface area (Å²) in [5.41, 5.74) is 1.38. The fourth-order valence-corrected chi connectivity index (χ4v) is 2.70. The first-order valence-corrected chi connectivity index (χ1v) is 8.05. The summed E-state index contributed by atoms with van der Waals surface area (Å²) in [5.74, 6) is 0.521. The predicted octanol–water partition coefficient (Wildman–Crippen LogP) is 2.77. The van der Waals surface area contributed by atoms with E-state index in [1.165, 1.54) is 12.1 Å². The van der Waals surface area contributed by atoms with E-state index in [2.05, 4.69) is 10.6 Å². The van der Waals surface area contributed by atoms with Crippen molar-refractivity contribution >= 4 is 5.91 Å². The fraction of sp³-hybridized carbons (Fsp3) is 0.316. The van der Waals surface area contributed by atoms with Crippen molar-refractivity contribution in [1.82, 2.24) is 10.6 Å². The van der Waals surface area contributed by atoms with Gasteiger partial charge in [-0.15, -0.1) is 0 Å². The van der Waals surface area contributed by atoms with Crippen molar-refractivity contribution in [1.29, 1.82) is 0 Å². The van der Waals surface area contributed by atoms with Gasteiger partial charge in [0.1, 0.15) is 18.2 Å². The number of hydrogen-bond donors (Lipinski definition) is 2. The lowest BCUT2D eigenvalue weighted by molar-refractivity contribution is -0.124. The standard InChI is InChI=1S/C19H21FN2O2/c1-19(9-10-21-18(19)23)22-12-14-5-7-17(8-6-14)24-13-15-3-2-4-16(20)11-15/h2-8,11,22H,9-10,12-13H2,1H3,(H,21,23). The van der Waals surface area contributed by atoms with Gasteiger partial charge in [-0.1, -0.05) is 24.3 Å². The smallest absolute Gasteiger partial charge is 0.240 e. The van der Waals surface area contributed by atoms with Crippen LogP contribution in [0.4, 0.5) is 4.39 Å². The molecule has 4 nitrogen and oxygen atoms in total. The van der Waals surface area contributed by atoms with Gasteiger partial charge in [0.25, 0.3) is 0 Å². The SMILES string of the molecule is CC1(NCc2ccc(OCc3cccc(F)c3)cc2)CCNC1=O. The van der Waals surface area contributed by atoms with E-state index < -0.39 is 5.54 Å². The van der Waals surface area contributed by atoms with E-state index in [-0.39, 0.29) is 11.7 Å². The van der Waals surface area contributed by atoms with Crippen LogP contribution in [-0.2, 0) is 17.9 Å². The molecular weight excluding hydrogens is 307 g/mol. The van der Waals surface area contributed by atoms with E-state index in [0.717, 1.165) is 29.8 Å². The molecule has 0 aromatic heterocycles. The summed E-state index contributed by atoms with van der Waals surface area (Å²) in [6.07, 6.45) is 0.792. The third-order valence-electron chi connectivity index (χ3n) is 4.31. The van der Waals surface area contributed by atoms with Crippen LogP contribution < -0.4 is 15.4 Å². The Balaban J connectivity index is 1.53. The minimum Gasteiger partial charge on any atom is -0.489 e. The van der Waals surface area contributed by atoms with Crippen molar-refractivity contribution in [2.45, 2.75) is 32.0 Å². The minimum absolute atomic E-state index is 0.0533. The molecule has 2 N–H and O–H groups in total. The topological polar surface area (TPSA) is 50.4 Å². The highest BCUT2D eigenvalue weighted by Crippen LogP contribution is 2.18. The maximum absolute atomic E-state index is 13.1. The monoisotopic (exact) mass is 328 g/mol. The van der Waals surface area contributed by atoms with E-state index >= 15 is 0 Å².